The Morgan fingerprint density at radius 2 is 0.611 bits per heavy atom. The second kappa shape index (κ2) is 42.9. The number of hydrogen-bond acceptors (Lipinski definition) is 8. The largest absolute Gasteiger partial charge is 0.466 e. The monoisotopic (exact) mass is 768 g/mol. The average Bonchev–Trinajstić information content (AvgIpc) is 3.17. The smallest absolute Gasteiger partial charge is 0.307 e. The topological polar surface area (TPSA) is 82.5 Å². The molecule has 8 nitrogen and oxygen atoms in total. The molecule has 0 aliphatic rings. The first-order valence-corrected chi connectivity index (χ1v) is 23.6. The minimum atomic E-state index is -0.0664. The third kappa shape index (κ3) is 37.7. The van der Waals surface area contributed by atoms with E-state index in [0.29, 0.717) is 26.1 Å². The maximum atomic E-state index is 12.6. The molecular formula is C46H93N3O5. The van der Waals surface area contributed by atoms with E-state index in [0.717, 1.165) is 97.4 Å². The van der Waals surface area contributed by atoms with Gasteiger partial charge in [-0.25, -0.2) is 0 Å². The molecule has 0 aromatic heterocycles. The minimum Gasteiger partial charge on any atom is -0.466 e. The average molecular weight is 768 g/mol. The molecule has 0 aliphatic heterocycles. The Morgan fingerprint density at radius 3 is 0.944 bits per heavy atom. The van der Waals surface area contributed by atoms with Crippen molar-refractivity contribution in [1.29, 1.82) is 0 Å². The lowest BCUT2D eigenvalue weighted by atomic mass is 10.1. The molecule has 0 aromatic carbocycles. The fourth-order valence-electron chi connectivity index (χ4n) is 7.10. The summed E-state index contributed by atoms with van der Waals surface area (Å²) in [7, 11) is 0. The molecule has 8 heteroatoms. The zero-order chi connectivity index (χ0) is 39.6. The van der Waals surface area contributed by atoms with E-state index >= 15 is 0 Å². The number of rotatable bonds is 44. The fraction of sp³-hybridized carbons (Fsp3) is 0.957. The Hall–Kier alpha value is -1.22. The predicted octanol–water partition coefficient (Wildman–Crippen LogP) is 11.0. The van der Waals surface area contributed by atoms with Crippen LogP contribution < -0.4 is 0 Å². The second-order valence-corrected chi connectivity index (χ2v) is 16.0. The van der Waals surface area contributed by atoms with Gasteiger partial charge in [-0.3, -0.25) is 9.59 Å². The van der Waals surface area contributed by atoms with Crippen LogP contribution in [0.15, 0.2) is 0 Å². The molecule has 0 rings (SSSR count). The van der Waals surface area contributed by atoms with Gasteiger partial charge < -0.3 is 29.3 Å². The summed E-state index contributed by atoms with van der Waals surface area (Å²) >= 11 is 0. The van der Waals surface area contributed by atoms with Gasteiger partial charge in [-0.05, 0) is 110 Å². The molecule has 0 aliphatic carbocycles. The third-order valence-corrected chi connectivity index (χ3v) is 10.7. The van der Waals surface area contributed by atoms with Crippen LogP contribution >= 0.6 is 0 Å². The van der Waals surface area contributed by atoms with Crippen molar-refractivity contribution in [3.63, 3.8) is 0 Å². The number of nitrogens with zero attached hydrogens (tertiary/aromatic N) is 3. The highest BCUT2D eigenvalue weighted by Crippen LogP contribution is 2.11. The fourth-order valence-corrected chi connectivity index (χ4v) is 7.10. The Labute approximate surface area is 336 Å². The second-order valence-electron chi connectivity index (χ2n) is 16.0. The van der Waals surface area contributed by atoms with Crippen molar-refractivity contribution in [2.75, 3.05) is 78.7 Å². The lowest BCUT2D eigenvalue weighted by Crippen LogP contribution is -2.29. The molecule has 1 N–H and O–H groups in total. The first-order valence-electron chi connectivity index (χ1n) is 23.6. The number of aliphatic hydroxyl groups is 1. The van der Waals surface area contributed by atoms with Crippen LogP contribution in [-0.2, 0) is 19.1 Å². The van der Waals surface area contributed by atoms with Crippen LogP contribution in [0, 0.1) is 0 Å². The van der Waals surface area contributed by atoms with E-state index in [1.165, 1.54) is 128 Å². The summed E-state index contributed by atoms with van der Waals surface area (Å²) in [5.41, 5.74) is 0. The van der Waals surface area contributed by atoms with E-state index in [1.54, 1.807) is 0 Å². The van der Waals surface area contributed by atoms with Crippen molar-refractivity contribution >= 4 is 11.9 Å². The first-order chi connectivity index (χ1) is 26.5. The van der Waals surface area contributed by atoms with Gasteiger partial charge in [-0.2, -0.15) is 0 Å². The van der Waals surface area contributed by atoms with E-state index in [-0.39, 0.29) is 18.5 Å². The van der Waals surface area contributed by atoms with Crippen molar-refractivity contribution in [2.45, 2.75) is 207 Å². The van der Waals surface area contributed by atoms with Crippen LogP contribution in [0.3, 0.4) is 0 Å². The first kappa shape index (κ1) is 52.8. The molecule has 322 valence electrons. The number of carbonyl (C=O) groups excluding carboxylic acids is 2. The number of ether oxygens (including phenoxy) is 2. The number of esters is 2. The van der Waals surface area contributed by atoms with Crippen molar-refractivity contribution in [3.05, 3.63) is 0 Å². The van der Waals surface area contributed by atoms with Gasteiger partial charge in [0.05, 0.1) is 26.1 Å². The molecule has 0 bridgehead atoms. The van der Waals surface area contributed by atoms with Crippen LogP contribution in [0.1, 0.15) is 207 Å². The molecule has 0 atom stereocenters. The Morgan fingerprint density at radius 1 is 0.352 bits per heavy atom. The van der Waals surface area contributed by atoms with E-state index in [2.05, 4.69) is 42.4 Å². The zero-order valence-corrected chi connectivity index (χ0v) is 36.7. The molecule has 0 spiro atoms. The van der Waals surface area contributed by atoms with Crippen LogP contribution in [0.5, 0.6) is 0 Å². The lowest BCUT2D eigenvalue weighted by Gasteiger charge is -2.23. The molecule has 0 radical (unpaired) electrons. The quantitative estimate of drug-likeness (QED) is 0.0485. The molecule has 0 unspecified atom stereocenters. The van der Waals surface area contributed by atoms with Crippen molar-refractivity contribution < 1.29 is 24.2 Å². The van der Waals surface area contributed by atoms with Crippen molar-refractivity contribution in [3.8, 4) is 0 Å². The maximum absolute atomic E-state index is 12.6. The highest BCUT2D eigenvalue weighted by molar-refractivity contribution is 5.69. The Bertz CT molecular complexity index is 727. The van der Waals surface area contributed by atoms with Crippen molar-refractivity contribution in [1.82, 2.24) is 14.7 Å². The Balaban J connectivity index is 4.39. The van der Waals surface area contributed by atoms with Gasteiger partial charge in [0.15, 0.2) is 0 Å². The van der Waals surface area contributed by atoms with Crippen LogP contribution in [0.4, 0.5) is 0 Å². The van der Waals surface area contributed by atoms with Gasteiger partial charge in [0, 0.05) is 19.7 Å². The number of carbonyl (C=O) groups is 2. The molecule has 0 fully saturated rings. The summed E-state index contributed by atoms with van der Waals surface area (Å²) in [6.07, 6.45) is 32.1. The SMILES string of the molecule is CCCCCCCCN(CCCCCC)CCC(=O)OCCCCN(CCCCO)CCCCOC(=O)CCN(CCCCCC)CCCCCCCC. The van der Waals surface area contributed by atoms with Gasteiger partial charge in [0.2, 0.25) is 0 Å². The molecule has 0 amide bonds. The van der Waals surface area contributed by atoms with Crippen LogP contribution in [-0.4, -0.2) is 110 Å². The van der Waals surface area contributed by atoms with E-state index < -0.39 is 0 Å². The summed E-state index contributed by atoms with van der Waals surface area (Å²) in [6.45, 7) is 19.1. The van der Waals surface area contributed by atoms with Gasteiger partial charge >= 0.3 is 11.9 Å². The van der Waals surface area contributed by atoms with Gasteiger partial charge in [-0.1, -0.05) is 130 Å². The van der Waals surface area contributed by atoms with Crippen LogP contribution in [0.25, 0.3) is 0 Å². The highest BCUT2D eigenvalue weighted by atomic mass is 16.5. The molecule has 0 saturated heterocycles. The normalized spacial score (nSPS) is 11.7. The predicted molar refractivity (Wildman–Crippen MR) is 230 cm³/mol. The zero-order valence-electron chi connectivity index (χ0n) is 36.7. The standard InChI is InChI=1S/C46H93N3O5/c1-5-9-13-17-19-23-35-48(33-21-15-11-7-3)40-31-45(51)53-43-29-26-38-47(37-25-28-42-50)39-27-30-44-54-46(52)32-41-49(34-22-16-12-8-4)36-24-20-18-14-10-6-2/h50H,5-44H2,1-4H3. The maximum Gasteiger partial charge on any atom is 0.307 e. The summed E-state index contributed by atoms with van der Waals surface area (Å²) < 4.78 is 11.3. The third-order valence-electron chi connectivity index (χ3n) is 10.7. The number of hydrogen-bond donors (Lipinski definition) is 1. The Kier molecular flexibility index (Phi) is 41.9. The summed E-state index contributed by atoms with van der Waals surface area (Å²) in [4.78, 5) is 32.6. The molecule has 0 aromatic rings. The minimum absolute atomic E-state index is 0.0664. The van der Waals surface area contributed by atoms with E-state index in [9.17, 15) is 14.7 Å². The summed E-state index contributed by atoms with van der Waals surface area (Å²) in [5.74, 6) is -0.133. The molecule has 54 heavy (non-hydrogen) atoms. The van der Waals surface area contributed by atoms with Gasteiger partial charge in [-0.15, -0.1) is 0 Å². The van der Waals surface area contributed by atoms with E-state index in [1.807, 2.05) is 0 Å². The van der Waals surface area contributed by atoms with Gasteiger partial charge in [0.25, 0.3) is 0 Å². The van der Waals surface area contributed by atoms with Gasteiger partial charge in [0.1, 0.15) is 0 Å². The molecule has 0 saturated carbocycles. The summed E-state index contributed by atoms with van der Waals surface area (Å²) in [5, 5.41) is 9.30. The number of unbranched alkanes of at least 4 members (excludes halogenated alkanes) is 19. The van der Waals surface area contributed by atoms with Crippen LogP contribution in [0.2, 0.25) is 0 Å². The molecular weight excluding hydrogens is 675 g/mol. The summed E-state index contributed by atoms with van der Waals surface area (Å²) in [6, 6.07) is 0. The lowest BCUT2D eigenvalue weighted by molar-refractivity contribution is -0.145. The number of aliphatic hydroxyl groups excluding tert-OH is 1. The molecule has 0 heterocycles. The highest BCUT2D eigenvalue weighted by Gasteiger charge is 2.12. The van der Waals surface area contributed by atoms with Crippen molar-refractivity contribution in [2.24, 2.45) is 0 Å². The van der Waals surface area contributed by atoms with E-state index in [4.69, 9.17) is 9.47 Å².